The van der Waals surface area contributed by atoms with E-state index in [4.69, 9.17) is 5.73 Å². The topological polar surface area (TPSA) is 49.6 Å². The second-order valence-corrected chi connectivity index (χ2v) is 6.69. The van der Waals surface area contributed by atoms with Gasteiger partial charge in [0.2, 0.25) is 5.91 Å². The fraction of sp³-hybridized carbons (Fsp3) is 0.938. The Morgan fingerprint density at radius 2 is 1.90 bits per heavy atom. The highest BCUT2D eigenvalue weighted by Gasteiger charge is 2.31. The number of rotatable bonds is 5. The molecule has 0 aromatic carbocycles. The van der Waals surface area contributed by atoms with Crippen LogP contribution in [0.4, 0.5) is 0 Å². The Morgan fingerprint density at radius 1 is 1.20 bits per heavy atom. The molecule has 0 spiro atoms. The van der Waals surface area contributed by atoms with Crippen LogP contribution in [-0.4, -0.2) is 53.5 Å². The van der Waals surface area contributed by atoms with E-state index in [-0.39, 0.29) is 0 Å². The maximum atomic E-state index is 12.7. The van der Waals surface area contributed by atoms with E-state index in [1.54, 1.807) is 0 Å². The predicted octanol–water partition coefficient (Wildman–Crippen LogP) is 1.98. The van der Waals surface area contributed by atoms with Gasteiger partial charge in [-0.1, -0.05) is 19.3 Å². The van der Waals surface area contributed by atoms with Crippen molar-refractivity contribution in [1.29, 1.82) is 0 Å². The van der Waals surface area contributed by atoms with Gasteiger partial charge in [0.15, 0.2) is 0 Å². The van der Waals surface area contributed by atoms with Crippen LogP contribution < -0.4 is 5.73 Å². The predicted molar refractivity (Wildman–Crippen MR) is 82.5 cm³/mol. The number of nitrogens with zero attached hydrogens (tertiary/aromatic N) is 2. The van der Waals surface area contributed by atoms with Gasteiger partial charge in [-0.25, -0.2) is 0 Å². The normalized spacial score (nSPS) is 25.3. The summed E-state index contributed by atoms with van der Waals surface area (Å²) in [5.41, 5.74) is 5.81. The molecule has 4 nitrogen and oxygen atoms in total. The first-order valence-electron chi connectivity index (χ1n) is 8.38. The summed E-state index contributed by atoms with van der Waals surface area (Å²) in [5, 5.41) is 0. The molecule has 116 valence electrons. The standard InChI is InChI=1S/C16H31N3O/c1-13(2)19(14-7-4-3-5-8-14)16(20)12-18-10-6-9-15(18)11-17/h13-15H,3-12,17H2,1-2H3. The van der Waals surface area contributed by atoms with Gasteiger partial charge in [-0.15, -0.1) is 0 Å². The maximum absolute atomic E-state index is 12.7. The monoisotopic (exact) mass is 281 g/mol. The molecule has 0 aromatic heterocycles. The number of amides is 1. The van der Waals surface area contributed by atoms with E-state index >= 15 is 0 Å². The molecule has 1 atom stereocenters. The van der Waals surface area contributed by atoms with E-state index in [2.05, 4.69) is 23.6 Å². The first-order chi connectivity index (χ1) is 9.63. The lowest BCUT2D eigenvalue weighted by molar-refractivity contribution is -0.137. The van der Waals surface area contributed by atoms with Crippen LogP contribution in [-0.2, 0) is 4.79 Å². The highest BCUT2D eigenvalue weighted by Crippen LogP contribution is 2.25. The second kappa shape index (κ2) is 7.41. The fourth-order valence-corrected chi connectivity index (χ4v) is 3.90. The summed E-state index contributed by atoms with van der Waals surface area (Å²) in [4.78, 5) is 17.2. The number of carbonyl (C=O) groups is 1. The molecule has 1 heterocycles. The summed E-state index contributed by atoms with van der Waals surface area (Å²) in [6.45, 7) is 6.58. The Hall–Kier alpha value is -0.610. The number of hydrogen-bond donors (Lipinski definition) is 1. The SMILES string of the molecule is CC(C)N(C(=O)CN1CCCC1CN)C1CCCCC1. The molecule has 0 radical (unpaired) electrons. The molecule has 2 fully saturated rings. The van der Waals surface area contributed by atoms with Crippen molar-refractivity contribution in [3.05, 3.63) is 0 Å². The van der Waals surface area contributed by atoms with Crippen LogP contribution in [0, 0.1) is 0 Å². The maximum Gasteiger partial charge on any atom is 0.237 e. The van der Waals surface area contributed by atoms with Gasteiger partial charge in [-0.3, -0.25) is 9.69 Å². The number of likely N-dealkylation sites (tertiary alicyclic amines) is 1. The third-order valence-corrected chi connectivity index (χ3v) is 4.92. The van der Waals surface area contributed by atoms with Gasteiger partial charge in [0, 0.05) is 24.7 Å². The lowest BCUT2D eigenvalue weighted by Crippen LogP contribution is -2.51. The lowest BCUT2D eigenvalue weighted by atomic mass is 9.93. The summed E-state index contributed by atoms with van der Waals surface area (Å²) in [5.74, 6) is 0.312. The van der Waals surface area contributed by atoms with Crippen LogP contribution in [0.2, 0.25) is 0 Å². The van der Waals surface area contributed by atoms with E-state index in [1.165, 1.54) is 38.5 Å². The molecule has 2 rings (SSSR count). The summed E-state index contributed by atoms with van der Waals surface area (Å²) < 4.78 is 0. The molecule has 20 heavy (non-hydrogen) atoms. The molecule has 0 aromatic rings. The van der Waals surface area contributed by atoms with Crippen LogP contribution in [0.15, 0.2) is 0 Å². The van der Waals surface area contributed by atoms with Crippen LogP contribution in [0.5, 0.6) is 0 Å². The minimum atomic E-state index is 0.310. The Kier molecular flexibility index (Phi) is 5.85. The average Bonchev–Trinajstić information content (AvgIpc) is 2.86. The van der Waals surface area contributed by atoms with Crippen molar-refractivity contribution in [3.63, 3.8) is 0 Å². The third-order valence-electron chi connectivity index (χ3n) is 4.92. The van der Waals surface area contributed by atoms with Crippen LogP contribution in [0.3, 0.4) is 0 Å². The van der Waals surface area contributed by atoms with E-state index in [1.807, 2.05) is 0 Å². The molecular weight excluding hydrogens is 250 g/mol. The molecule has 1 saturated heterocycles. The van der Waals surface area contributed by atoms with Crippen molar-refractivity contribution in [2.45, 2.75) is 76.9 Å². The summed E-state index contributed by atoms with van der Waals surface area (Å²) in [6.07, 6.45) is 8.58. The number of nitrogens with two attached hydrogens (primary N) is 1. The molecule has 1 amide bonds. The van der Waals surface area contributed by atoms with Crippen LogP contribution in [0.25, 0.3) is 0 Å². The van der Waals surface area contributed by atoms with Gasteiger partial charge in [0.25, 0.3) is 0 Å². The zero-order chi connectivity index (χ0) is 14.5. The van der Waals surface area contributed by atoms with E-state index < -0.39 is 0 Å². The number of hydrogen-bond acceptors (Lipinski definition) is 3. The first-order valence-corrected chi connectivity index (χ1v) is 8.38. The minimum absolute atomic E-state index is 0.310. The molecule has 1 saturated carbocycles. The fourth-order valence-electron chi connectivity index (χ4n) is 3.90. The zero-order valence-corrected chi connectivity index (χ0v) is 13.2. The summed E-state index contributed by atoms with van der Waals surface area (Å²) in [7, 11) is 0. The number of carbonyl (C=O) groups excluding carboxylic acids is 1. The Bertz CT molecular complexity index is 313. The van der Waals surface area contributed by atoms with E-state index in [0.29, 0.717) is 37.1 Å². The van der Waals surface area contributed by atoms with Gasteiger partial charge in [0.05, 0.1) is 6.54 Å². The van der Waals surface area contributed by atoms with Crippen molar-refractivity contribution in [2.24, 2.45) is 5.73 Å². The quantitative estimate of drug-likeness (QED) is 0.838. The first kappa shape index (κ1) is 15.8. The van der Waals surface area contributed by atoms with Gasteiger partial charge >= 0.3 is 0 Å². The average molecular weight is 281 g/mol. The van der Waals surface area contributed by atoms with Crippen LogP contribution in [0.1, 0.15) is 58.8 Å². The molecule has 1 aliphatic heterocycles. The molecule has 2 aliphatic rings. The highest BCUT2D eigenvalue weighted by molar-refractivity contribution is 5.79. The van der Waals surface area contributed by atoms with Gasteiger partial charge in [-0.2, -0.15) is 0 Å². The van der Waals surface area contributed by atoms with E-state index in [9.17, 15) is 4.79 Å². The molecule has 4 heteroatoms. The van der Waals surface area contributed by atoms with Gasteiger partial charge < -0.3 is 10.6 Å². The zero-order valence-electron chi connectivity index (χ0n) is 13.2. The summed E-state index contributed by atoms with van der Waals surface area (Å²) >= 11 is 0. The van der Waals surface area contributed by atoms with Crippen molar-refractivity contribution in [1.82, 2.24) is 9.80 Å². The minimum Gasteiger partial charge on any atom is -0.336 e. The second-order valence-electron chi connectivity index (χ2n) is 6.69. The Morgan fingerprint density at radius 3 is 2.50 bits per heavy atom. The molecule has 1 aliphatic carbocycles. The Balaban J connectivity index is 1.96. The molecular formula is C16H31N3O. The van der Waals surface area contributed by atoms with Crippen molar-refractivity contribution >= 4 is 5.91 Å². The third kappa shape index (κ3) is 3.73. The van der Waals surface area contributed by atoms with Crippen molar-refractivity contribution < 1.29 is 4.79 Å². The molecule has 0 bridgehead atoms. The van der Waals surface area contributed by atoms with Gasteiger partial charge in [-0.05, 0) is 46.1 Å². The molecule has 2 N–H and O–H groups in total. The van der Waals surface area contributed by atoms with Crippen molar-refractivity contribution in [3.8, 4) is 0 Å². The largest absolute Gasteiger partial charge is 0.336 e. The lowest BCUT2D eigenvalue weighted by Gasteiger charge is -2.38. The smallest absolute Gasteiger partial charge is 0.237 e. The highest BCUT2D eigenvalue weighted by atomic mass is 16.2. The van der Waals surface area contributed by atoms with Gasteiger partial charge in [0.1, 0.15) is 0 Å². The molecule has 1 unspecified atom stereocenters. The van der Waals surface area contributed by atoms with Crippen LogP contribution >= 0.6 is 0 Å². The van der Waals surface area contributed by atoms with E-state index in [0.717, 1.165) is 13.0 Å². The Labute approximate surface area is 123 Å². The van der Waals surface area contributed by atoms with Crippen molar-refractivity contribution in [2.75, 3.05) is 19.6 Å². The summed E-state index contributed by atoms with van der Waals surface area (Å²) in [6, 6.07) is 1.19.